The molecule has 0 aliphatic carbocycles. The lowest BCUT2D eigenvalue weighted by Crippen LogP contribution is -2.26. The highest BCUT2D eigenvalue weighted by Gasteiger charge is 2.14. The van der Waals surface area contributed by atoms with E-state index >= 15 is 0 Å². The third-order valence-corrected chi connectivity index (χ3v) is 2.79. The van der Waals surface area contributed by atoms with Crippen molar-refractivity contribution in [1.29, 1.82) is 0 Å². The summed E-state index contributed by atoms with van der Waals surface area (Å²) in [5.41, 5.74) is 8.55. The zero-order valence-corrected chi connectivity index (χ0v) is 11.3. The Balaban J connectivity index is 3.15. The summed E-state index contributed by atoms with van der Waals surface area (Å²) < 4.78 is 0. The molecule has 0 atom stereocenters. The summed E-state index contributed by atoms with van der Waals surface area (Å²) in [6.07, 6.45) is 0.696. The Kier molecular flexibility index (Phi) is 4.84. The topological polar surface area (TPSA) is 62.4 Å². The maximum atomic E-state index is 8.85. The number of nitrogens with zero attached hydrogens (tertiary/aromatic N) is 2. The van der Waals surface area contributed by atoms with E-state index in [4.69, 9.17) is 23.1 Å². The molecule has 1 heterocycles. The zero-order chi connectivity index (χ0) is 13.0. The van der Waals surface area contributed by atoms with Crippen LogP contribution in [0.15, 0.2) is 6.07 Å². The van der Waals surface area contributed by atoms with Gasteiger partial charge in [0.05, 0.1) is 5.56 Å². The molecule has 94 valence electrons. The molecule has 17 heavy (non-hydrogen) atoms. The van der Waals surface area contributed by atoms with Crippen LogP contribution in [-0.2, 0) is 0 Å². The second kappa shape index (κ2) is 5.93. The van der Waals surface area contributed by atoms with Crippen molar-refractivity contribution >= 4 is 23.0 Å². The molecule has 0 bridgehead atoms. The molecule has 0 aliphatic rings. The van der Waals surface area contributed by atoms with Gasteiger partial charge in [0.2, 0.25) is 0 Å². The summed E-state index contributed by atoms with van der Waals surface area (Å²) >= 11 is 5.07. The van der Waals surface area contributed by atoms with Crippen LogP contribution >= 0.6 is 12.2 Å². The lowest BCUT2D eigenvalue weighted by atomic mass is 10.1. The van der Waals surface area contributed by atoms with Crippen molar-refractivity contribution in [2.45, 2.75) is 20.3 Å². The molecule has 1 aromatic rings. The van der Waals surface area contributed by atoms with Crippen molar-refractivity contribution in [3.05, 3.63) is 22.9 Å². The van der Waals surface area contributed by atoms with E-state index in [1.165, 1.54) is 0 Å². The van der Waals surface area contributed by atoms with Crippen LogP contribution in [0.3, 0.4) is 0 Å². The molecular weight excluding hydrogens is 234 g/mol. The van der Waals surface area contributed by atoms with Gasteiger partial charge in [-0.2, -0.15) is 0 Å². The fourth-order valence-corrected chi connectivity index (χ4v) is 2.06. The van der Waals surface area contributed by atoms with E-state index in [-0.39, 0.29) is 6.61 Å². The molecule has 0 saturated carbocycles. The molecule has 1 rings (SSSR count). The molecule has 5 heteroatoms. The first-order valence-electron chi connectivity index (χ1n) is 5.57. The highest BCUT2D eigenvalue weighted by atomic mass is 32.1. The number of pyridine rings is 1. The molecule has 0 aromatic carbocycles. The second-order valence-electron chi connectivity index (χ2n) is 4.14. The van der Waals surface area contributed by atoms with E-state index in [9.17, 15) is 0 Å². The minimum Gasteiger partial charge on any atom is -0.396 e. The van der Waals surface area contributed by atoms with Crippen molar-refractivity contribution in [3.63, 3.8) is 0 Å². The minimum atomic E-state index is 0.164. The molecule has 0 unspecified atom stereocenters. The minimum absolute atomic E-state index is 0.164. The van der Waals surface area contributed by atoms with Crippen molar-refractivity contribution in [3.8, 4) is 0 Å². The van der Waals surface area contributed by atoms with Gasteiger partial charge in [-0.25, -0.2) is 4.98 Å². The van der Waals surface area contributed by atoms with E-state index < -0.39 is 0 Å². The maximum Gasteiger partial charge on any atom is 0.139 e. The standard InChI is InChI=1S/C12H19N3OS/c1-8-7-9(2)14-12(10(8)11(13)17)15(3)5-4-6-16/h7,16H,4-6H2,1-3H3,(H2,13,17). The van der Waals surface area contributed by atoms with E-state index in [0.29, 0.717) is 11.4 Å². The van der Waals surface area contributed by atoms with E-state index in [1.54, 1.807) is 0 Å². The number of aryl methyl sites for hydroxylation is 2. The fourth-order valence-electron chi connectivity index (χ4n) is 1.81. The highest BCUT2D eigenvalue weighted by Crippen LogP contribution is 2.21. The van der Waals surface area contributed by atoms with E-state index in [0.717, 1.165) is 29.2 Å². The fraction of sp³-hybridized carbons (Fsp3) is 0.500. The number of anilines is 1. The van der Waals surface area contributed by atoms with Crippen molar-refractivity contribution < 1.29 is 5.11 Å². The van der Waals surface area contributed by atoms with Crippen LogP contribution in [-0.4, -0.2) is 35.3 Å². The SMILES string of the molecule is Cc1cc(C)c(C(N)=S)c(N(C)CCCO)n1. The summed E-state index contributed by atoms with van der Waals surface area (Å²) in [7, 11) is 1.93. The van der Waals surface area contributed by atoms with Gasteiger partial charge in [0.15, 0.2) is 0 Å². The Morgan fingerprint density at radius 2 is 2.18 bits per heavy atom. The monoisotopic (exact) mass is 253 g/mol. The van der Waals surface area contributed by atoms with Crippen LogP contribution in [0.5, 0.6) is 0 Å². The summed E-state index contributed by atoms with van der Waals surface area (Å²) in [5, 5.41) is 8.85. The number of hydrogen-bond donors (Lipinski definition) is 2. The maximum absolute atomic E-state index is 8.85. The Labute approximate surface area is 107 Å². The van der Waals surface area contributed by atoms with Gasteiger partial charge in [0, 0.05) is 25.9 Å². The van der Waals surface area contributed by atoms with Crippen LogP contribution in [0.2, 0.25) is 0 Å². The number of aliphatic hydroxyl groups excluding tert-OH is 1. The number of hydrogen-bond acceptors (Lipinski definition) is 4. The molecule has 0 spiro atoms. The van der Waals surface area contributed by atoms with Gasteiger partial charge in [0.25, 0.3) is 0 Å². The highest BCUT2D eigenvalue weighted by molar-refractivity contribution is 7.80. The van der Waals surface area contributed by atoms with E-state index in [2.05, 4.69) is 4.98 Å². The Hall–Kier alpha value is -1.20. The summed E-state index contributed by atoms with van der Waals surface area (Å²) in [5.74, 6) is 0.795. The molecule has 0 amide bonds. The van der Waals surface area contributed by atoms with Gasteiger partial charge < -0.3 is 15.7 Å². The number of aromatic nitrogens is 1. The number of nitrogens with two attached hydrogens (primary N) is 1. The van der Waals surface area contributed by atoms with Crippen LogP contribution in [0.1, 0.15) is 23.2 Å². The number of aliphatic hydroxyl groups is 1. The summed E-state index contributed by atoms with van der Waals surface area (Å²) in [6, 6.07) is 1.97. The van der Waals surface area contributed by atoms with Crippen LogP contribution in [0.25, 0.3) is 0 Å². The smallest absolute Gasteiger partial charge is 0.139 e. The number of thiocarbonyl (C=S) groups is 1. The molecule has 0 aliphatic heterocycles. The van der Waals surface area contributed by atoms with Gasteiger partial charge in [-0.3, -0.25) is 0 Å². The zero-order valence-electron chi connectivity index (χ0n) is 10.5. The normalized spacial score (nSPS) is 10.4. The molecule has 0 fully saturated rings. The predicted molar refractivity (Wildman–Crippen MR) is 74.6 cm³/mol. The third kappa shape index (κ3) is 3.38. The quantitative estimate of drug-likeness (QED) is 0.771. The molecule has 4 nitrogen and oxygen atoms in total. The third-order valence-electron chi connectivity index (χ3n) is 2.59. The molecule has 1 aromatic heterocycles. The van der Waals surface area contributed by atoms with Crippen molar-refractivity contribution in [2.75, 3.05) is 25.1 Å². The van der Waals surface area contributed by atoms with E-state index in [1.807, 2.05) is 31.9 Å². The van der Waals surface area contributed by atoms with Crippen LogP contribution < -0.4 is 10.6 Å². The second-order valence-corrected chi connectivity index (χ2v) is 4.58. The average molecular weight is 253 g/mol. The molecule has 0 saturated heterocycles. The van der Waals surface area contributed by atoms with Crippen molar-refractivity contribution in [1.82, 2.24) is 4.98 Å². The lowest BCUT2D eigenvalue weighted by molar-refractivity contribution is 0.290. The first-order chi connectivity index (χ1) is 7.97. The van der Waals surface area contributed by atoms with Crippen LogP contribution in [0.4, 0.5) is 5.82 Å². The summed E-state index contributed by atoms with van der Waals surface area (Å²) in [6.45, 7) is 4.81. The summed E-state index contributed by atoms with van der Waals surface area (Å²) in [4.78, 5) is 6.82. The van der Waals surface area contributed by atoms with Gasteiger partial charge in [-0.1, -0.05) is 12.2 Å². The Bertz CT molecular complexity index is 420. The van der Waals surface area contributed by atoms with Gasteiger partial charge in [-0.15, -0.1) is 0 Å². The first kappa shape index (κ1) is 13.9. The molecular formula is C12H19N3OS. The lowest BCUT2D eigenvalue weighted by Gasteiger charge is -2.22. The Morgan fingerprint density at radius 1 is 1.53 bits per heavy atom. The van der Waals surface area contributed by atoms with Gasteiger partial charge >= 0.3 is 0 Å². The predicted octanol–water partition coefficient (Wildman–Crippen LogP) is 1.15. The molecule has 0 radical (unpaired) electrons. The average Bonchev–Trinajstić information content (AvgIpc) is 2.23. The van der Waals surface area contributed by atoms with Gasteiger partial charge in [0.1, 0.15) is 10.8 Å². The largest absolute Gasteiger partial charge is 0.396 e. The first-order valence-corrected chi connectivity index (χ1v) is 5.98. The van der Waals surface area contributed by atoms with Gasteiger partial charge in [-0.05, 0) is 31.9 Å². The number of rotatable bonds is 5. The molecule has 3 N–H and O–H groups in total. The Morgan fingerprint density at radius 3 is 2.71 bits per heavy atom. The van der Waals surface area contributed by atoms with Crippen molar-refractivity contribution in [2.24, 2.45) is 5.73 Å². The van der Waals surface area contributed by atoms with Crippen LogP contribution in [0, 0.1) is 13.8 Å².